The molecule has 1 aromatic rings. The molecule has 1 atom stereocenters. The van der Waals surface area contributed by atoms with Crippen LogP contribution in [0.5, 0.6) is 0 Å². The van der Waals surface area contributed by atoms with Crippen molar-refractivity contribution in [2.24, 2.45) is 10.9 Å². The molecule has 0 amide bonds. The first-order valence-electron chi connectivity index (χ1n) is 6.82. The van der Waals surface area contributed by atoms with Crippen molar-refractivity contribution in [1.29, 1.82) is 0 Å². The molecule has 98 valence electrons. The number of esters is 1. The molecule has 1 aliphatic carbocycles. The zero-order valence-electron chi connectivity index (χ0n) is 11.1. The number of hydrogen-bond acceptors (Lipinski definition) is 3. The largest absolute Gasteiger partial charge is 0.402 e. The molecule has 3 nitrogen and oxygen atoms in total. The molecule has 0 radical (unpaired) electrons. The summed E-state index contributed by atoms with van der Waals surface area (Å²) in [5.41, 5.74) is 2.57. The lowest BCUT2D eigenvalue weighted by Gasteiger charge is -2.20. The molecule has 1 heterocycles. The Hall–Kier alpha value is -1.90. The standard InChI is InChI=1S/C16H17NO2/c1-11-6-5-9-13(10-11)14-16(18)19-15(17-14)12-7-3-2-4-8-12/h2-4,7-8,11H,5-6,9-10H2,1H3. The molecule has 3 rings (SSSR count). The molecule has 2 aliphatic rings. The third-order valence-corrected chi connectivity index (χ3v) is 3.72. The van der Waals surface area contributed by atoms with Gasteiger partial charge in [-0.1, -0.05) is 31.5 Å². The van der Waals surface area contributed by atoms with Crippen molar-refractivity contribution < 1.29 is 9.53 Å². The van der Waals surface area contributed by atoms with Crippen molar-refractivity contribution in [2.75, 3.05) is 0 Å². The third-order valence-electron chi connectivity index (χ3n) is 3.72. The number of benzene rings is 1. The van der Waals surface area contributed by atoms with Crippen LogP contribution in [0, 0.1) is 5.92 Å². The molecule has 1 unspecified atom stereocenters. The Morgan fingerprint density at radius 3 is 2.79 bits per heavy atom. The van der Waals surface area contributed by atoms with Crippen LogP contribution >= 0.6 is 0 Å². The summed E-state index contributed by atoms with van der Waals surface area (Å²) < 4.78 is 5.30. The molecule has 0 N–H and O–H groups in total. The normalized spacial score (nSPS) is 27.1. The van der Waals surface area contributed by atoms with E-state index in [2.05, 4.69) is 11.9 Å². The van der Waals surface area contributed by atoms with E-state index in [4.69, 9.17) is 4.74 Å². The molecule has 1 saturated carbocycles. The molecule has 3 heteroatoms. The van der Waals surface area contributed by atoms with E-state index in [9.17, 15) is 4.79 Å². The number of aliphatic imine (C=N–C) groups is 1. The number of rotatable bonds is 1. The number of carbonyl (C=O) groups excluding carboxylic acids is 1. The number of ether oxygens (including phenoxy) is 1. The predicted molar refractivity (Wildman–Crippen MR) is 73.7 cm³/mol. The molecular formula is C16H17NO2. The van der Waals surface area contributed by atoms with Crippen LogP contribution in [-0.2, 0) is 9.53 Å². The van der Waals surface area contributed by atoms with Crippen LogP contribution in [0.4, 0.5) is 0 Å². The fourth-order valence-corrected chi connectivity index (χ4v) is 2.74. The van der Waals surface area contributed by atoms with Crippen LogP contribution in [-0.4, -0.2) is 11.9 Å². The summed E-state index contributed by atoms with van der Waals surface area (Å²) in [5.74, 6) is 0.786. The average Bonchev–Trinajstić information content (AvgIpc) is 2.82. The summed E-state index contributed by atoms with van der Waals surface area (Å²) in [6.07, 6.45) is 4.32. The van der Waals surface area contributed by atoms with E-state index in [1.165, 1.54) is 6.42 Å². The smallest absolute Gasteiger partial charge is 0.363 e. The van der Waals surface area contributed by atoms with Gasteiger partial charge in [0.2, 0.25) is 5.90 Å². The van der Waals surface area contributed by atoms with Gasteiger partial charge in [0.25, 0.3) is 0 Å². The van der Waals surface area contributed by atoms with Gasteiger partial charge in [-0.2, -0.15) is 0 Å². The highest BCUT2D eigenvalue weighted by Crippen LogP contribution is 2.32. The molecule has 0 spiro atoms. The Balaban J connectivity index is 1.93. The zero-order chi connectivity index (χ0) is 13.2. The monoisotopic (exact) mass is 255 g/mol. The number of hydrogen-bond donors (Lipinski definition) is 0. The van der Waals surface area contributed by atoms with Gasteiger partial charge in [-0.25, -0.2) is 9.79 Å². The van der Waals surface area contributed by atoms with Crippen molar-refractivity contribution in [3.8, 4) is 0 Å². The van der Waals surface area contributed by atoms with Gasteiger partial charge in [-0.15, -0.1) is 0 Å². The van der Waals surface area contributed by atoms with Gasteiger partial charge in [-0.3, -0.25) is 0 Å². The fourth-order valence-electron chi connectivity index (χ4n) is 2.74. The summed E-state index contributed by atoms with van der Waals surface area (Å²) in [6.45, 7) is 2.22. The number of cyclic esters (lactones) is 1. The summed E-state index contributed by atoms with van der Waals surface area (Å²) in [5, 5.41) is 0. The van der Waals surface area contributed by atoms with Crippen molar-refractivity contribution in [3.63, 3.8) is 0 Å². The molecule has 0 saturated heterocycles. The van der Waals surface area contributed by atoms with E-state index >= 15 is 0 Å². The Bertz CT molecular complexity index is 557. The SMILES string of the molecule is CC1CCCC(=C2N=C(c3ccccc3)OC2=O)C1. The maximum Gasteiger partial charge on any atom is 0.363 e. The summed E-state index contributed by atoms with van der Waals surface area (Å²) in [4.78, 5) is 16.4. The Kier molecular flexibility index (Phi) is 3.20. The predicted octanol–water partition coefficient (Wildman–Crippen LogP) is 3.45. The molecule has 19 heavy (non-hydrogen) atoms. The first kappa shape index (κ1) is 12.2. The topological polar surface area (TPSA) is 38.7 Å². The number of allylic oxidation sites excluding steroid dienone is 1. The highest BCUT2D eigenvalue weighted by molar-refractivity contribution is 6.11. The summed E-state index contributed by atoms with van der Waals surface area (Å²) >= 11 is 0. The number of nitrogens with zero attached hydrogens (tertiary/aromatic N) is 1. The van der Waals surface area contributed by atoms with Crippen molar-refractivity contribution in [1.82, 2.24) is 0 Å². The lowest BCUT2D eigenvalue weighted by Crippen LogP contribution is -2.10. The summed E-state index contributed by atoms with van der Waals surface area (Å²) in [6, 6.07) is 9.58. The number of carbonyl (C=O) groups is 1. The maximum absolute atomic E-state index is 12.0. The van der Waals surface area contributed by atoms with Crippen molar-refractivity contribution in [3.05, 3.63) is 47.2 Å². The minimum absolute atomic E-state index is 0.289. The maximum atomic E-state index is 12.0. The minimum atomic E-state index is -0.289. The van der Waals surface area contributed by atoms with Gasteiger partial charge in [0, 0.05) is 5.56 Å². The van der Waals surface area contributed by atoms with Gasteiger partial charge < -0.3 is 4.74 Å². The first-order valence-corrected chi connectivity index (χ1v) is 6.82. The van der Waals surface area contributed by atoms with Crippen LogP contribution < -0.4 is 0 Å². The van der Waals surface area contributed by atoms with E-state index < -0.39 is 0 Å². The van der Waals surface area contributed by atoms with E-state index in [-0.39, 0.29) is 5.97 Å². The highest BCUT2D eigenvalue weighted by atomic mass is 16.6. The Labute approximate surface area is 113 Å². The van der Waals surface area contributed by atoms with E-state index in [0.29, 0.717) is 17.5 Å². The molecular weight excluding hydrogens is 238 g/mol. The van der Waals surface area contributed by atoms with Crippen LogP contribution in [0.2, 0.25) is 0 Å². The van der Waals surface area contributed by atoms with Crippen LogP contribution in [0.15, 0.2) is 46.6 Å². The van der Waals surface area contributed by atoms with Gasteiger partial charge in [0.1, 0.15) is 0 Å². The van der Waals surface area contributed by atoms with Crippen molar-refractivity contribution in [2.45, 2.75) is 32.6 Å². The van der Waals surface area contributed by atoms with Crippen LogP contribution in [0.1, 0.15) is 38.2 Å². The second-order valence-corrected chi connectivity index (χ2v) is 5.33. The van der Waals surface area contributed by atoms with E-state index in [1.807, 2.05) is 30.3 Å². The second-order valence-electron chi connectivity index (χ2n) is 5.33. The second kappa shape index (κ2) is 5.00. The molecule has 0 aromatic heterocycles. The lowest BCUT2D eigenvalue weighted by atomic mass is 9.86. The minimum Gasteiger partial charge on any atom is -0.402 e. The van der Waals surface area contributed by atoms with Gasteiger partial charge >= 0.3 is 5.97 Å². The van der Waals surface area contributed by atoms with Gasteiger partial charge in [0.05, 0.1) is 0 Å². The van der Waals surface area contributed by atoms with Gasteiger partial charge in [-0.05, 0) is 42.9 Å². The quantitative estimate of drug-likeness (QED) is 0.569. The van der Waals surface area contributed by atoms with E-state index in [1.54, 1.807) is 0 Å². The molecule has 1 aromatic carbocycles. The molecule has 0 bridgehead atoms. The summed E-state index contributed by atoms with van der Waals surface area (Å²) in [7, 11) is 0. The van der Waals surface area contributed by atoms with Crippen LogP contribution in [0.3, 0.4) is 0 Å². The molecule has 1 fully saturated rings. The van der Waals surface area contributed by atoms with E-state index in [0.717, 1.165) is 30.4 Å². The molecule has 1 aliphatic heterocycles. The fraction of sp³-hybridized carbons (Fsp3) is 0.375. The lowest BCUT2D eigenvalue weighted by molar-refractivity contribution is -0.130. The first-order chi connectivity index (χ1) is 9.24. The van der Waals surface area contributed by atoms with Crippen molar-refractivity contribution >= 4 is 11.9 Å². The van der Waals surface area contributed by atoms with Gasteiger partial charge in [0.15, 0.2) is 5.70 Å². The highest BCUT2D eigenvalue weighted by Gasteiger charge is 2.28. The Morgan fingerprint density at radius 2 is 2.05 bits per heavy atom. The zero-order valence-corrected chi connectivity index (χ0v) is 11.1. The third kappa shape index (κ3) is 2.46. The average molecular weight is 255 g/mol. The Morgan fingerprint density at radius 1 is 1.26 bits per heavy atom. The van der Waals surface area contributed by atoms with Crippen LogP contribution in [0.25, 0.3) is 0 Å².